The van der Waals surface area contributed by atoms with Gasteiger partial charge in [-0.1, -0.05) is 13.3 Å². The van der Waals surface area contributed by atoms with Crippen molar-refractivity contribution in [3.05, 3.63) is 0 Å². The van der Waals surface area contributed by atoms with Gasteiger partial charge in [0.15, 0.2) is 0 Å². The zero-order valence-corrected chi connectivity index (χ0v) is 16.7. The van der Waals surface area contributed by atoms with Crippen LogP contribution in [0, 0.1) is 5.92 Å². The predicted octanol–water partition coefficient (Wildman–Crippen LogP) is 1.82. The van der Waals surface area contributed by atoms with E-state index in [0.29, 0.717) is 38.4 Å². The first-order chi connectivity index (χ1) is 11.9. The van der Waals surface area contributed by atoms with Crippen LogP contribution in [-0.2, 0) is 14.8 Å². The molecule has 2 heterocycles. The van der Waals surface area contributed by atoms with Crippen LogP contribution in [0.4, 0.5) is 0 Å². The SMILES string of the molecule is CCCS(=O)(=O)N1CCC(C(=O)NCCCN2CCCCC2C)CC1. The molecule has 0 aromatic carbocycles. The summed E-state index contributed by atoms with van der Waals surface area (Å²) < 4.78 is 25.7. The molecule has 1 amide bonds. The second kappa shape index (κ2) is 9.88. The lowest BCUT2D eigenvalue weighted by atomic mass is 9.97. The molecule has 25 heavy (non-hydrogen) atoms. The van der Waals surface area contributed by atoms with Gasteiger partial charge in [-0.3, -0.25) is 4.79 Å². The Labute approximate surface area is 153 Å². The van der Waals surface area contributed by atoms with Crippen molar-refractivity contribution in [3.63, 3.8) is 0 Å². The molecule has 1 unspecified atom stereocenters. The average Bonchev–Trinajstić information content (AvgIpc) is 2.60. The third-order valence-electron chi connectivity index (χ3n) is 5.54. The normalized spacial score (nSPS) is 24.3. The molecule has 0 radical (unpaired) electrons. The van der Waals surface area contributed by atoms with Gasteiger partial charge in [0.2, 0.25) is 15.9 Å². The number of hydrogen-bond acceptors (Lipinski definition) is 4. The minimum absolute atomic E-state index is 0.0398. The van der Waals surface area contributed by atoms with E-state index in [2.05, 4.69) is 17.1 Å². The van der Waals surface area contributed by atoms with Crippen molar-refractivity contribution >= 4 is 15.9 Å². The molecule has 2 rings (SSSR count). The van der Waals surface area contributed by atoms with Crippen LogP contribution in [0.25, 0.3) is 0 Å². The van der Waals surface area contributed by atoms with Crippen molar-refractivity contribution in [2.75, 3.05) is 38.5 Å². The summed E-state index contributed by atoms with van der Waals surface area (Å²) >= 11 is 0. The van der Waals surface area contributed by atoms with E-state index < -0.39 is 10.0 Å². The monoisotopic (exact) mass is 373 g/mol. The molecule has 1 N–H and O–H groups in total. The Morgan fingerprint density at radius 1 is 1.12 bits per heavy atom. The highest BCUT2D eigenvalue weighted by molar-refractivity contribution is 7.89. The molecule has 0 saturated carbocycles. The smallest absolute Gasteiger partial charge is 0.223 e. The molecule has 2 saturated heterocycles. The van der Waals surface area contributed by atoms with Gasteiger partial charge in [0.25, 0.3) is 0 Å². The maximum absolute atomic E-state index is 12.3. The Hall–Kier alpha value is -0.660. The average molecular weight is 374 g/mol. The summed E-state index contributed by atoms with van der Waals surface area (Å²) in [6, 6.07) is 0.666. The molecule has 0 aromatic rings. The van der Waals surface area contributed by atoms with E-state index in [9.17, 15) is 13.2 Å². The first-order valence-electron chi connectivity index (χ1n) is 9.93. The number of rotatable bonds is 8. The van der Waals surface area contributed by atoms with Gasteiger partial charge in [0, 0.05) is 38.1 Å². The number of likely N-dealkylation sites (tertiary alicyclic amines) is 1. The molecule has 2 fully saturated rings. The van der Waals surface area contributed by atoms with Crippen LogP contribution in [-0.4, -0.2) is 68.0 Å². The van der Waals surface area contributed by atoms with Gasteiger partial charge < -0.3 is 10.2 Å². The number of nitrogens with one attached hydrogen (secondary N) is 1. The standard InChI is InChI=1S/C18H35N3O3S/c1-3-15-25(23,24)21-13-8-17(9-14-21)18(22)19-10-6-12-20-11-5-4-7-16(20)2/h16-17H,3-15H2,1-2H3,(H,19,22). The summed E-state index contributed by atoms with van der Waals surface area (Å²) in [5.74, 6) is 0.264. The van der Waals surface area contributed by atoms with Gasteiger partial charge in [-0.2, -0.15) is 0 Å². The summed E-state index contributed by atoms with van der Waals surface area (Å²) in [5.41, 5.74) is 0. The lowest BCUT2D eigenvalue weighted by Crippen LogP contribution is -2.44. The second-order valence-electron chi connectivity index (χ2n) is 7.51. The lowest BCUT2D eigenvalue weighted by molar-refractivity contribution is -0.126. The van der Waals surface area contributed by atoms with Crippen LogP contribution >= 0.6 is 0 Å². The van der Waals surface area contributed by atoms with Crippen molar-refractivity contribution in [1.29, 1.82) is 0 Å². The summed E-state index contributed by atoms with van der Waals surface area (Å²) in [5, 5.41) is 3.05. The molecule has 146 valence electrons. The zero-order valence-electron chi connectivity index (χ0n) is 15.9. The summed E-state index contributed by atoms with van der Waals surface area (Å²) in [7, 11) is -3.13. The number of sulfonamides is 1. The fourth-order valence-corrected chi connectivity index (χ4v) is 5.45. The molecule has 7 heteroatoms. The topological polar surface area (TPSA) is 69.7 Å². The molecule has 0 bridgehead atoms. The van der Waals surface area contributed by atoms with E-state index in [0.717, 1.165) is 19.5 Å². The molecular weight excluding hydrogens is 338 g/mol. The summed E-state index contributed by atoms with van der Waals surface area (Å²) in [4.78, 5) is 14.8. The molecule has 0 spiro atoms. The molecule has 1 atom stereocenters. The van der Waals surface area contributed by atoms with Crippen molar-refractivity contribution in [2.45, 2.75) is 64.8 Å². The number of nitrogens with zero attached hydrogens (tertiary/aromatic N) is 2. The summed E-state index contributed by atoms with van der Waals surface area (Å²) in [6.07, 6.45) is 6.80. The quantitative estimate of drug-likeness (QED) is 0.659. The fraction of sp³-hybridized carbons (Fsp3) is 0.944. The maximum atomic E-state index is 12.3. The minimum Gasteiger partial charge on any atom is -0.356 e. The largest absolute Gasteiger partial charge is 0.356 e. The van der Waals surface area contributed by atoms with Gasteiger partial charge in [0.05, 0.1) is 5.75 Å². The van der Waals surface area contributed by atoms with Crippen molar-refractivity contribution in [3.8, 4) is 0 Å². The highest BCUT2D eigenvalue weighted by atomic mass is 32.2. The Kier molecular flexibility index (Phi) is 8.16. The summed E-state index contributed by atoms with van der Waals surface area (Å²) in [6.45, 7) is 8.07. The number of piperidine rings is 2. The molecule has 0 aromatic heterocycles. The Morgan fingerprint density at radius 2 is 1.84 bits per heavy atom. The van der Waals surface area contributed by atoms with E-state index in [4.69, 9.17) is 0 Å². The van der Waals surface area contributed by atoms with Crippen LogP contribution in [0.3, 0.4) is 0 Å². The van der Waals surface area contributed by atoms with E-state index in [1.807, 2.05) is 6.92 Å². The molecule has 6 nitrogen and oxygen atoms in total. The van der Waals surface area contributed by atoms with Crippen molar-refractivity contribution in [1.82, 2.24) is 14.5 Å². The molecule has 2 aliphatic rings. The number of hydrogen-bond donors (Lipinski definition) is 1. The van der Waals surface area contributed by atoms with Crippen molar-refractivity contribution in [2.24, 2.45) is 5.92 Å². The van der Waals surface area contributed by atoms with E-state index >= 15 is 0 Å². The lowest BCUT2D eigenvalue weighted by Gasteiger charge is -2.33. The van der Waals surface area contributed by atoms with Crippen LogP contribution in [0.1, 0.15) is 58.8 Å². The first kappa shape index (κ1) is 20.6. The predicted molar refractivity (Wildman–Crippen MR) is 101 cm³/mol. The van der Waals surface area contributed by atoms with Crippen molar-refractivity contribution < 1.29 is 13.2 Å². The molecular formula is C18H35N3O3S. The number of amides is 1. The van der Waals surface area contributed by atoms with Gasteiger partial charge >= 0.3 is 0 Å². The molecule has 2 aliphatic heterocycles. The first-order valence-corrected chi connectivity index (χ1v) is 11.5. The number of carbonyl (C=O) groups excluding carboxylic acids is 1. The van der Waals surface area contributed by atoms with Gasteiger partial charge in [-0.25, -0.2) is 12.7 Å². The highest BCUT2D eigenvalue weighted by Gasteiger charge is 2.30. The Bertz CT molecular complexity index is 516. The number of carbonyl (C=O) groups is 1. The van der Waals surface area contributed by atoms with Crippen LogP contribution in [0.2, 0.25) is 0 Å². The minimum atomic E-state index is -3.13. The Morgan fingerprint density at radius 3 is 2.48 bits per heavy atom. The molecule has 0 aliphatic carbocycles. The highest BCUT2D eigenvalue weighted by Crippen LogP contribution is 2.20. The third-order valence-corrected chi connectivity index (χ3v) is 7.62. The van der Waals surface area contributed by atoms with Crippen LogP contribution < -0.4 is 5.32 Å². The van der Waals surface area contributed by atoms with E-state index in [1.54, 1.807) is 4.31 Å². The third kappa shape index (κ3) is 6.22. The van der Waals surface area contributed by atoms with Gasteiger partial charge in [0.1, 0.15) is 0 Å². The fourth-order valence-electron chi connectivity index (χ4n) is 3.91. The zero-order chi connectivity index (χ0) is 18.3. The van der Waals surface area contributed by atoms with E-state index in [1.165, 1.54) is 25.8 Å². The Balaban J connectivity index is 1.64. The van der Waals surface area contributed by atoms with Crippen LogP contribution in [0.15, 0.2) is 0 Å². The van der Waals surface area contributed by atoms with Gasteiger partial charge in [-0.15, -0.1) is 0 Å². The van der Waals surface area contributed by atoms with E-state index in [-0.39, 0.29) is 17.6 Å². The second-order valence-corrected chi connectivity index (χ2v) is 9.60. The van der Waals surface area contributed by atoms with Gasteiger partial charge in [-0.05, 0) is 52.0 Å². The van der Waals surface area contributed by atoms with Crippen LogP contribution in [0.5, 0.6) is 0 Å². The maximum Gasteiger partial charge on any atom is 0.223 e.